The van der Waals surface area contributed by atoms with Crippen LogP contribution in [0.1, 0.15) is 47.3 Å². The first kappa shape index (κ1) is 13.2. The van der Waals surface area contributed by atoms with Crippen molar-refractivity contribution in [3.8, 4) is 0 Å². The number of hydrogen-bond acceptors (Lipinski definition) is 4. The van der Waals surface area contributed by atoms with Crippen LogP contribution in [0.25, 0.3) is 0 Å². The summed E-state index contributed by atoms with van der Waals surface area (Å²) < 4.78 is 0. The highest BCUT2D eigenvalue weighted by Gasteiger charge is 2.29. The molecule has 1 aliphatic rings. The van der Waals surface area contributed by atoms with Crippen LogP contribution in [-0.2, 0) is 6.42 Å². The van der Waals surface area contributed by atoms with Gasteiger partial charge in [0.2, 0.25) is 0 Å². The third-order valence-electron chi connectivity index (χ3n) is 4.10. The first-order chi connectivity index (χ1) is 9.79. The predicted octanol–water partition coefficient (Wildman–Crippen LogP) is 2.41. The van der Waals surface area contributed by atoms with Crippen LogP contribution in [0, 0.1) is 6.92 Å². The number of fused-ring (bicyclic) bond motifs is 1. The van der Waals surface area contributed by atoms with E-state index in [1.165, 1.54) is 23.2 Å². The molecule has 2 unspecified atom stereocenters. The molecule has 3 N–H and O–H groups in total. The molecule has 0 saturated heterocycles. The van der Waals surface area contributed by atoms with Crippen LogP contribution < -0.4 is 11.3 Å². The van der Waals surface area contributed by atoms with Gasteiger partial charge in [-0.15, -0.1) is 0 Å². The first-order valence-electron chi connectivity index (χ1n) is 7.12. The molecule has 3 rings (SSSR count). The average molecular weight is 268 g/mol. The third-order valence-corrected chi connectivity index (χ3v) is 4.10. The fraction of sp³-hybridized carbons (Fsp3) is 0.375. The van der Waals surface area contributed by atoms with Crippen molar-refractivity contribution in [3.63, 3.8) is 0 Å². The number of pyridine rings is 2. The minimum Gasteiger partial charge on any atom is -0.271 e. The van der Waals surface area contributed by atoms with Crippen LogP contribution in [0.15, 0.2) is 36.7 Å². The van der Waals surface area contributed by atoms with Gasteiger partial charge in [0.25, 0.3) is 0 Å². The van der Waals surface area contributed by atoms with Crippen molar-refractivity contribution in [1.29, 1.82) is 0 Å². The lowest BCUT2D eigenvalue weighted by atomic mass is 9.80. The molecule has 0 aromatic carbocycles. The summed E-state index contributed by atoms with van der Waals surface area (Å²) in [6, 6.07) is 8.42. The second-order valence-electron chi connectivity index (χ2n) is 5.42. The van der Waals surface area contributed by atoms with Gasteiger partial charge >= 0.3 is 0 Å². The van der Waals surface area contributed by atoms with Crippen LogP contribution in [0.4, 0.5) is 0 Å². The molecule has 4 heteroatoms. The Morgan fingerprint density at radius 1 is 1.30 bits per heavy atom. The van der Waals surface area contributed by atoms with Gasteiger partial charge in [-0.2, -0.15) is 0 Å². The van der Waals surface area contributed by atoms with Crippen molar-refractivity contribution < 1.29 is 0 Å². The zero-order chi connectivity index (χ0) is 13.9. The Bertz CT molecular complexity index is 597. The van der Waals surface area contributed by atoms with Gasteiger partial charge in [0.15, 0.2) is 0 Å². The molecular weight excluding hydrogens is 248 g/mol. The Morgan fingerprint density at radius 2 is 2.20 bits per heavy atom. The van der Waals surface area contributed by atoms with E-state index in [9.17, 15) is 0 Å². The molecule has 0 aliphatic heterocycles. The fourth-order valence-corrected chi connectivity index (χ4v) is 3.18. The molecule has 104 valence electrons. The van der Waals surface area contributed by atoms with Crippen molar-refractivity contribution in [2.45, 2.75) is 38.1 Å². The monoisotopic (exact) mass is 268 g/mol. The molecule has 0 saturated carbocycles. The summed E-state index contributed by atoms with van der Waals surface area (Å²) in [6.07, 6.45) is 7.14. The summed E-state index contributed by atoms with van der Waals surface area (Å²) in [5.41, 5.74) is 7.73. The molecule has 0 spiro atoms. The summed E-state index contributed by atoms with van der Waals surface area (Å²) in [5.74, 6) is 6.17. The minimum atomic E-state index is 0.0886. The zero-order valence-corrected chi connectivity index (χ0v) is 11.7. The molecule has 2 aromatic heterocycles. The number of nitrogens with two attached hydrogens (primary N) is 1. The second-order valence-corrected chi connectivity index (χ2v) is 5.42. The lowest BCUT2D eigenvalue weighted by molar-refractivity contribution is 0.399. The number of aromatic nitrogens is 2. The van der Waals surface area contributed by atoms with E-state index < -0.39 is 0 Å². The summed E-state index contributed by atoms with van der Waals surface area (Å²) in [5, 5.41) is 0. The number of hydrogen-bond donors (Lipinski definition) is 2. The number of aryl methyl sites for hydroxylation is 2. The van der Waals surface area contributed by atoms with Gasteiger partial charge in [0.05, 0.1) is 6.04 Å². The summed E-state index contributed by atoms with van der Waals surface area (Å²) in [7, 11) is 0. The SMILES string of the molecule is Cc1cc(C(NN)C2CCCc3cccnc32)ccn1. The molecule has 4 nitrogen and oxygen atoms in total. The predicted molar refractivity (Wildman–Crippen MR) is 79.0 cm³/mol. The van der Waals surface area contributed by atoms with Gasteiger partial charge in [-0.3, -0.25) is 21.2 Å². The molecule has 0 fully saturated rings. The van der Waals surface area contributed by atoms with Gasteiger partial charge in [0, 0.05) is 29.7 Å². The summed E-state index contributed by atoms with van der Waals surface area (Å²) in [6.45, 7) is 2.00. The quantitative estimate of drug-likeness (QED) is 0.663. The number of rotatable bonds is 3. The maximum atomic E-state index is 5.84. The maximum Gasteiger partial charge on any atom is 0.0544 e. The van der Waals surface area contributed by atoms with E-state index in [0.717, 1.165) is 18.5 Å². The Kier molecular flexibility index (Phi) is 3.76. The third kappa shape index (κ3) is 2.44. The van der Waals surface area contributed by atoms with Gasteiger partial charge in [0.1, 0.15) is 0 Å². The Hall–Kier alpha value is -1.78. The molecule has 20 heavy (non-hydrogen) atoms. The van der Waals surface area contributed by atoms with E-state index >= 15 is 0 Å². The normalized spacial score (nSPS) is 19.4. The van der Waals surface area contributed by atoms with Crippen LogP contribution in [0.2, 0.25) is 0 Å². The summed E-state index contributed by atoms with van der Waals surface area (Å²) in [4.78, 5) is 8.87. The minimum absolute atomic E-state index is 0.0886. The number of hydrazine groups is 1. The molecule has 2 aromatic rings. The number of nitrogens with zero attached hydrogens (tertiary/aromatic N) is 2. The maximum absolute atomic E-state index is 5.84. The Labute approximate surface area is 119 Å². The van der Waals surface area contributed by atoms with Crippen LogP contribution in [0.5, 0.6) is 0 Å². The van der Waals surface area contributed by atoms with Crippen molar-refractivity contribution in [3.05, 3.63) is 59.2 Å². The van der Waals surface area contributed by atoms with Crippen molar-refractivity contribution >= 4 is 0 Å². The van der Waals surface area contributed by atoms with Gasteiger partial charge in [-0.1, -0.05) is 6.07 Å². The molecule has 0 bridgehead atoms. The van der Waals surface area contributed by atoms with E-state index in [0.29, 0.717) is 5.92 Å². The molecule has 1 aliphatic carbocycles. The summed E-state index contributed by atoms with van der Waals surface area (Å²) >= 11 is 0. The largest absolute Gasteiger partial charge is 0.271 e. The van der Waals surface area contributed by atoms with Crippen LogP contribution in [-0.4, -0.2) is 9.97 Å². The standard InChI is InChI=1S/C16H20N4/c1-11-10-13(7-9-18-11)16(20-17)14-6-2-4-12-5-3-8-19-15(12)14/h3,5,7-10,14,16,20H,2,4,6,17H2,1H3. The fourth-order valence-electron chi connectivity index (χ4n) is 3.18. The lowest BCUT2D eigenvalue weighted by Crippen LogP contribution is -2.34. The topological polar surface area (TPSA) is 63.8 Å². The van der Waals surface area contributed by atoms with Gasteiger partial charge in [-0.05, 0) is 55.5 Å². The molecule has 0 radical (unpaired) electrons. The highest BCUT2D eigenvalue weighted by Crippen LogP contribution is 2.38. The lowest BCUT2D eigenvalue weighted by Gasteiger charge is -2.31. The molecule has 0 amide bonds. The van der Waals surface area contributed by atoms with E-state index in [1.807, 2.05) is 31.5 Å². The smallest absolute Gasteiger partial charge is 0.0544 e. The second kappa shape index (κ2) is 5.69. The molecule has 2 heterocycles. The van der Waals surface area contributed by atoms with Crippen molar-refractivity contribution in [1.82, 2.24) is 15.4 Å². The van der Waals surface area contributed by atoms with Crippen LogP contribution in [0.3, 0.4) is 0 Å². The molecule has 2 atom stereocenters. The van der Waals surface area contributed by atoms with E-state index in [4.69, 9.17) is 5.84 Å². The number of nitrogens with one attached hydrogen (secondary N) is 1. The van der Waals surface area contributed by atoms with E-state index in [-0.39, 0.29) is 6.04 Å². The van der Waals surface area contributed by atoms with E-state index in [1.54, 1.807) is 0 Å². The highest BCUT2D eigenvalue weighted by molar-refractivity contribution is 5.31. The van der Waals surface area contributed by atoms with Gasteiger partial charge < -0.3 is 0 Å². The van der Waals surface area contributed by atoms with Crippen molar-refractivity contribution in [2.24, 2.45) is 5.84 Å². The molecular formula is C16H20N4. The van der Waals surface area contributed by atoms with E-state index in [2.05, 4.69) is 27.5 Å². The Balaban J connectivity index is 1.99. The van der Waals surface area contributed by atoms with Crippen molar-refractivity contribution in [2.75, 3.05) is 0 Å². The van der Waals surface area contributed by atoms with Gasteiger partial charge in [-0.25, -0.2) is 0 Å². The Morgan fingerprint density at radius 3 is 3.00 bits per heavy atom. The highest BCUT2D eigenvalue weighted by atomic mass is 15.2. The first-order valence-corrected chi connectivity index (χ1v) is 7.12. The average Bonchev–Trinajstić information content (AvgIpc) is 2.48. The van der Waals surface area contributed by atoms with Crippen LogP contribution >= 0.6 is 0 Å². The zero-order valence-electron chi connectivity index (χ0n) is 11.7.